The van der Waals surface area contributed by atoms with Gasteiger partial charge in [-0.2, -0.15) is 0 Å². The zero-order valence-electron chi connectivity index (χ0n) is 10.2. The van der Waals surface area contributed by atoms with E-state index in [1.807, 2.05) is 26.0 Å². The number of amides is 1. The quantitative estimate of drug-likeness (QED) is 0.777. The first-order valence-electron chi connectivity index (χ1n) is 5.51. The largest absolute Gasteiger partial charge is 0.366 e. The number of nitrogens with two attached hydrogens (primary N) is 1. The van der Waals surface area contributed by atoms with Gasteiger partial charge in [-0.15, -0.1) is 0 Å². The molecular formula is C14H13N3O. The molecule has 90 valence electrons. The van der Waals surface area contributed by atoms with Gasteiger partial charge in [-0.05, 0) is 19.4 Å². The van der Waals surface area contributed by atoms with Crippen molar-refractivity contribution in [3.63, 3.8) is 0 Å². The molecule has 0 unspecified atom stereocenters. The van der Waals surface area contributed by atoms with Gasteiger partial charge in [0.15, 0.2) is 5.69 Å². The second kappa shape index (κ2) is 4.38. The standard InChI is InChI=1S/C14H13N3O/c1-8-12(13(14(15)18)9(2)17-8)10-4-6-11(16-3)7-5-10/h4-7,17H,1-2H3,(H2,15,18). The van der Waals surface area contributed by atoms with E-state index in [1.54, 1.807) is 12.1 Å². The molecule has 2 rings (SSSR count). The van der Waals surface area contributed by atoms with Crippen LogP contribution in [0.5, 0.6) is 0 Å². The van der Waals surface area contributed by atoms with Crippen LogP contribution in [0.25, 0.3) is 16.0 Å². The summed E-state index contributed by atoms with van der Waals surface area (Å²) in [6.45, 7) is 10.6. The number of aryl methyl sites for hydroxylation is 2. The van der Waals surface area contributed by atoms with Crippen LogP contribution in [0.2, 0.25) is 0 Å². The number of hydrogen-bond donors (Lipinski definition) is 2. The number of hydrogen-bond acceptors (Lipinski definition) is 1. The van der Waals surface area contributed by atoms with Crippen LogP contribution in [-0.4, -0.2) is 10.9 Å². The lowest BCUT2D eigenvalue weighted by Gasteiger charge is -2.04. The maximum absolute atomic E-state index is 11.5. The summed E-state index contributed by atoms with van der Waals surface area (Å²) in [5.74, 6) is -0.443. The topological polar surface area (TPSA) is 63.2 Å². The van der Waals surface area contributed by atoms with Gasteiger partial charge in [-0.1, -0.05) is 24.3 Å². The van der Waals surface area contributed by atoms with E-state index < -0.39 is 5.91 Å². The Morgan fingerprint density at radius 2 is 1.83 bits per heavy atom. The van der Waals surface area contributed by atoms with Crippen molar-refractivity contribution in [2.75, 3.05) is 0 Å². The van der Waals surface area contributed by atoms with Crippen LogP contribution in [0.15, 0.2) is 24.3 Å². The molecule has 1 aromatic heterocycles. The zero-order chi connectivity index (χ0) is 13.3. The predicted molar refractivity (Wildman–Crippen MR) is 70.5 cm³/mol. The first kappa shape index (κ1) is 11.9. The van der Waals surface area contributed by atoms with Crippen LogP contribution >= 0.6 is 0 Å². The third-order valence-electron chi connectivity index (χ3n) is 2.91. The van der Waals surface area contributed by atoms with E-state index in [4.69, 9.17) is 12.3 Å². The average molecular weight is 239 g/mol. The minimum Gasteiger partial charge on any atom is -0.366 e. The molecule has 4 nitrogen and oxygen atoms in total. The fraction of sp³-hybridized carbons (Fsp3) is 0.143. The first-order valence-corrected chi connectivity index (χ1v) is 5.51. The van der Waals surface area contributed by atoms with Gasteiger partial charge in [-0.3, -0.25) is 4.79 Å². The number of rotatable bonds is 2. The van der Waals surface area contributed by atoms with Crippen LogP contribution in [0.1, 0.15) is 21.7 Å². The van der Waals surface area contributed by atoms with Crippen molar-refractivity contribution >= 4 is 11.6 Å². The molecule has 0 radical (unpaired) electrons. The van der Waals surface area contributed by atoms with E-state index in [-0.39, 0.29) is 0 Å². The van der Waals surface area contributed by atoms with Gasteiger partial charge >= 0.3 is 0 Å². The van der Waals surface area contributed by atoms with Crippen molar-refractivity contribution < 1.29 is 4.79 Å². The summed E-state index contributed by atoms with van der Waals surface area (Å²) in [5.41, 5.74) is 9.88. The van der Waals surface area contributed by atoms with Crippen molar-refractivity contribution in [2.24, 2.45) is 5.73 Å². The van der Waals surface area contributed by atoms with Gasteiger partial charge in [-0.25, -0.2) is 4.85 Å². The van der Waals surface area contributed by atoms with E-state index in [0.29, 0.717) is 11.3 Å². The minimum absolute atomic E-state index is 0.443. The number of primary amides is 1. The monoisotopic (exact) mass is 239 g/mol. The fourth-order valence-corrected chi connectivity index (χ4v) is 2.15. The zero-order valence-corrected chi connectivity index (χ0v) is 10.2. The number of H-pyrrole nitrogens is 1. The van der Waals surface area contributed by atoms with Gasteiger partial charge < -0.3 is 10.7 Å². The van der Waals surface area contributed by atoms with Gasteiger partial charge in [0, 0.05) is 17.0 Å². The Hall–Kier alpha value is -2.54. The molecule has 1 aromatic carbocycles. The Morgan fingerprint density at radius 3 is 2.33 bits per heavy atom. The second-order valence-corrected chi connectivity index (χ2v) is 4.15. The maximum atomic E-state index is 11.5. The summed E-state index contributed by atoms with van der Waals surface area (Å²) >= 11 is 0. The summed E-state index contributed by atoms with van der Waals surface area (Å²) < 4.78 is 0. The molecule has 0 saturated carbocycles. The van der Waals surface area contributed by atoms with Crippen LogP contribution < -0.4 is 5.73 Å². The molecule has 2 aromatic rings. The van der Waals surface area contributed by atoms with E-state index in [2.05, 4.69) is 9.83 Å². The van der Waals surface area contributed by atoms with Crippen LogP contribution in [0.3, 0.4) is 0 Å². The molecule has 0 spiro atoms. The summed E-state index contributed by atoms with van der Waals surface area (Å²) in [6.07, 6.45) is 0. The summed E-state index contributed by atoms with van der Waals surface area (Å²) in [4.78, 5) is 18.0. The lowest BCUT2D eigenvalue weighted by atomic mass is 10.00. The number of carbonyl (C=O) groups excluding carboxylic acids is 1. The Bertz CT molecular complexity index is 645. The van der Waals surface area contributed by atoms with Crippen LogP contribution in [-0.2, 0) is 0 Å². The number of nitrogens with one attached hydrogen (secondary N) is 1. The van der Waals surface area contributed by atoms with Crippen molar-refractivity contribution in [1.82, 2.24) is 4.98 Å². The van der Waals surface area contributed by atoms with E-state index in [9.17, 15) is 4.79 Å². The molecule has 0 fully saturated rings. The minimum atomic E-state index is -0.443. The average Bonchev–Trinajstić information content (AvgIpc) is 2.64. The first-order chi connectivity index (χ1) is 8.54. The lowest BCUT2D eigenvalue weighted by molar-refractivity contribution is 0.100. The third-order valence-corrected chi connectivity index (χ3v) is 2.91. The van der Waals surface area contributed by atoms with E-state index >= 15 is 0 Å². The van der Waals surface area contributed by atoms with Crippen LogP contribution in [0.4, 0.5) is 5.69 Å². The number of benzene rings is 1. The highest BCUT2D eigenvalue weighted by Crippen LogP contribution is 2.30. The molecule has 0 atom stereocenters. The molecule has 4 heteroatoms. The highest BCUT2D eigenvalue weighted by atomic mass is 16.1. The maximum Gasteiger partial charge on any atom is 0.251 e. The summed E-state index contributed by atoms with van der Waals surface area (Å²) in [5, 5.41) is 0. The van der Waals surface area contributed by atoms with E-state index in [0.717, 1.165) is 22.5 Å². The number of nitrogens with zero attached hydrogens (tertiary/aromatic N) is 1. The molecule has 18 heavy (non-hydrogen) atoms. The predicted octanol–water partition coefficient (Wildman–Crippen LogP) is 2.95. The van der Waals surface area contributed by atoms with Gasteiger partial charge in [0.2, 0.25) is 0 Å². The second-order valence-electron chi connectivity index (χ2n) is 4.15. The molecular weight excluding hydrogens is 226 g/mol. The van der Waals surface area contributed by atoms with Crippen molar-refractivity contribution in [3.8, 4) is 11.1 Å². The van der Waals surface area contributed by atoms with Crippen molar-refractivity contribution in [1.29, 1.82) is 0 Å². The smallest absolute Gasteiger partial charge is 0.251 e. The molecule has 0 saturated heterocycles. The fourth-order valence-electron chi connectivity index (χ4n) is 2.15. The normalized spacial score (nSPS) is 10.1. The third kappa shape index (κ3) is 1.87. The Balaban J connectivity index is 2.63. The highest BCUT2D eigenvalue weighted by molar-refractivity contribution is 6.02. The van der Waals surface area contributed by atoms with Crippen LogP contribution in [0, 0.1) is 20.4 Å². The molecule has 1 heterocycles. The molecule has 3 N–H and O–H groups in total. The SMILES string of the molecule is [C-]#[N+]c1ccc(-c2c(C)[nH]c(C)c2C(N)=O)cc1. The molecule has 0 aliphatic heterocycles. The molecule has 0 aliphatic carbocycles. The van der Waals surface area contributed by atoms with Gasteiger partial charge in [0.25, 0.3) is 5.91 Å². The lowest BCUT2D eigenvalue weighted by Crippen LogP contribution is -2.12. The molecule has 1 amide bonds. The highest BCUT2D eigenvalue weighted by Gasteiger charge is 2.18. The molecule has 0 bridgehead atoms. The summed E-state index contributed by atoms with van der Waals surface area (Å²) in [6, 6.07) is 7.12. The van der Waals surface area contributed by atoms with Gasteiger partial charge in [0.1, 0.15) is 0 Å². The number of aromatic nitrogens is 1. The number of carbonyl (C=O) groups is 1. The Morgan fingerprint density at radius 1 is 1.22 bits per heavy atom. The summed E-state index contributed by atoms with van der Waals surface area (Å²) in [7, 11) is 0. The van der Waals surface area contributed by atoms with Crippen molar-refractivity contribution in [2.45, 2.75) is 13.8 Å². The van der Waals surface area contributed by atoms with E-state index in [1.165, 1.54) is 0 Å². The van der Waals surface area contributed by atoms with Crippen molar-refractivity contribution in [3.05, 3.63) is 52.6 Å². The molecule has 0 aliphatic rings. The van der Waals surface area contributed by atoms with Gasteiger partial charge in [0.05, 0.1) is 12.1 Å². The Kier molecular flexibility index (Phi) is 2.90. The number of aromatic amines is 1. The Labute approximate surface area is 105 Å².